The van der Waals surface area contributed by atoms with Crippen LogP contribution >= 0.6 is 0 Å². The van der Waals surface area contributed by atoms with E-state index in [1.165, 1.54) is 0 Å². The van der Waals surface area contributed by atoms with Gasteiger partial charge >= 0.3 is 6.01 Å². The minimum absolute atomic E-state index is 0.0504. The Morgan fingerprint density at radius 2 is 1.77 bits per heavy atom. The van der Waals surface area contributed by atoms with Crippen LogP contribution in [0, 0.1) is 11.2 Å². The third-order valence-electron chi connectivity index (χ3n) is 8.60. The van der Waals surface area contributed by atoms with Gasteiger partial charge in [0.2, 0.25) is 0 Å². The van der Waals surface area contributed by atoms with E-state index in [0.29, 0.717) is 47.3 Å². The summed E-state index contributed by atoms with van der Waals surface area (Å²) in [5.41, 5.74) is 0.514. The van der Waals surface area contributed by atoms with Crippen molar-refractivity contribution in [2.45, 2.75) is 43.9 Å². The highest BCUT2D eigenvalue weighted by atomic mass is 19.1. The number of aliphatic hydroxyl groups is 2. The van der Waals surface area contributed by atoms with Crippen molar-refractivity contribution in [2.75, 3.05) is 31.2 Å². The van der Waals surface area contributed by atoms with Crippen LogP contribution < -0.4 is 15.0 Å². The summed E-state index contributed by atoms with van der Waals surface area (Å²) in [7, 11) is 0. The van der Waals surface area contributed by atoms with E-state index in [-0.39, 0.29) is 30.5 Å². The lowest BCUT2D eigenvalue weighted by Crippen LogP contribution is -2.51. The molecule has 7 rings (SSSR count). The maximum Gasteiger partial charge on any atom is 0.319 e. The monoisotopic (exact) mass is 530 g/mol. The number of nitrogens with zero attached hydrogens (tertiary/aromatic N) is 3. The Bertz CT molecular complexity index is 1560. The lowest BCUT2D eigenvalue weighted by molar-refractivity contribution is -0.0877. The first-order valence-electron chi connectivity index (χ1n) is 13.6. The molecule has 0 radical (unpaired) electrons. The number of nitrogens with one attached hydrogen (secondary N) is 1. The van der Waals surface area contributed by atoms with E-state index < -0.39 is 17.3 Å². The molecule has 202 valence electrons. The Hall–Kier alpha value is -3.53. The molecule has 2 bridgehead atoms. The second-order valence-electron chi connectivity index (χ2n) is 11.4. The van der Waals surface area contributed by atoms with Crippen LogP contribution in [0.5, 0.6) is 11.8 Å². The van der Waals surface area contributed by atoms with Gasteiger partial charge in [-0.3, -0.25) is 0 Å². The predicted octanol–water partition coefficient (Wildman–Crippen LogP) is 3.75. The molecule has 9 heteroatoms. The molecule has 39 heavy (non-hydrogen) atoms. The molecule has 1 saturated carbocycles. The first kappa shape index (κ1) is 24.5. The molecule has 8 nitrogen and oxygen atoms in total. The third kappa shape index (κ3) is 4.25. The van der Waals surface area contributed by atoms with Crippen LogP contribution in [0.4, 0.5) is 10.2 Å². The largest absolute Gasteiger partial charge is 0.508 e. The molecule has 2 atom stereocenters. The maximum absolute atomic E-state index is 16.4. The van der Waals surface area contributed by atoms with Crippen LogP contribution in [-0.4, -0.2) is 69.8 Å². The molecule has 2 saturated heterocycles. The zero-order valence-corrected chi connectivity index (χ0v) is 21.5. The van der Waals surface area contributed by atoms with Crippen molar-refractivity contribution >= 4 is 27.5 Å². The average Bonchev–Trinajstić information content (AvgIpc) is 3.27. The Kier molecular flexibility index (Phi) is 5.84. The molecule has 1 aromatic heterocycles. The lowest BCUT2D eigenvalue weighted by atomic mass is 9.68. The number of hydrogen-bond donors (Lipinski definition) is 4. The van der Waals surface area contributed by atoms with Gasteiger partial charge in [-0.1, -0.05) is 30.3 Å². The fourth-order valence-electron chi connectivity index (χ4n) is 6.58. The summed E-state index contributed by atoms with van der Waals surface area (Å²) in [5.74, 6) is 0.181. The smallest absolute Gasteiger partial charge is 0.319 e. The van der Waals surface area contributed by atoms with Crippen molar-refractivity contribution in [1.82, 2.24) is 15.3 Å². The minimum Gasteiger partial charge on any atom is -0.508 e. The average molecular weight is 531 g/mol. The summed E-state index contributed by atoms with van der Waals surface area (Å²) < 4.78 is 22.5. The summed E-state index contributed by atoms with van der Waals surface area (Å²) in [6.07, 6.45) is 2.61. The molecular weight excluding hydrogens is 499 g/mol. The van der Waals surface area contributed by atoms with E-state index in [1.807, 2.05) is 30.3 Å². The third-order valence-corrected chi connectivity index (χ3v) is 8.60. The van der Waals surface area contributed by atoms with E-state index in [9.17, 15) is 15.3 Å². The molecule has 1 aliphatic carbocycles. The number of aromatic nitrogens is 2. The zero-order valence-electron chi connectivity index (χ0n) is 21.5. The number of aliphatic hydroxyl groups excluding tert-OH is 2. The molecule has 3 aromatic carbocycles. The Labute approximate surface area is 225 Å². The fourth-order valence-corrected chi connectivity index (χ4v) is 6.58. The number of phenols is 1. The molecule has 0 spiro atoms. The quantitative estimate of drug-likeness (QED) is 0.298. The van der Waals surface area contributed by atoms with Crippen molar-refractivity contribution in [3.8, 4) is 22.9 Å². The Balaban J connectivity index is 1.35. The minimum atomic E-state index is -0.549. The normalized spacial score (nSPS) is 26.2. The number of fused-ring (bicyclic) bond motifs is 4. The molecule has 0 amide bonds. The molecule has 4 aromatic rings. The fraction of sp³-hybridized carbons (Fsp3) is 0.400. The van der Waals surface area contributed by atoms with Gasteiger partial charge in [0.25, 0.3) is 0 Å². The van der Waals surface area contributed by atoms with Gasteiger partial charge in [-0.25, -0.2) is 4.39 Å². The highest BCUT2D eigenvalue weighted by Gasteiger charge is 2.44. The van der Waals surface area contributed by atoms with E-state index in [4.69, 9.17) is 9.72 Å². The maximum atomic E-state index is 16.4. The van der Waals surface area contributed by atoms with Crippen LogP contribution in [0.1, 0.15) is 25.7 Å². The van der Waals surface area contributed by atoms with Crippen molar-refractivity contribution in [1.29, 1.82) is 0 Å². The number of phenolic OH excluding ortho intramolecular Hbond substituents is 1. The van der Waals surface area contributed by atoms with Crippen LogP contribution in [-0.2, 0) is 0 Å². The highest BCUT2D eigenvalue weighted by Crippen LogP contribution is 2.42. The molecular formula is C30H31FN4O4. The first-order chi connectivity index (χ1) is 18.9. The Morgan fingerprint density at radius 3 is 2.51 bits per heavy atom. The summed E-state index contributed by atoms with van der Waals surface area (Å²) in [4.78, 5) is 11.5. The van der Waals surface area contributed by atoms with Gasteiger partial charge in [0.05, 0.1) is 19.3 Å². The topological polar surface area (TPSA) is 111 Å². The predicted molar refractivity (Wildman–Crippen MR) is 147 cm³/mol. The molecule has 3 aliphatic rings. The molecule has 2 aliphatic heterocycles. The van der Waals surface area contributed by atoms with Crippen molar-refractivity contribution in [3.63, 3.8) is 0 Å². The number of piperazine rings is 1. The number of benzene rings is 3. The van der Waals surface area contributed by atoms with Gasteiger partial charge in [0.1, 0.15) is 17.1 Å². The van der Waals surface area contributed by atoms with E-state index in [1.54, 1.807) is 18.2 Å². The molecule has 3 heterocycles. The standard InChI is InChI=1S/C30H31FN4O4/c31-26-23(25-10-20(37)9-17-3-1-2-4-22(17)25)7-8-24-27(26)33-29(39-16-30(15-36)11-21(38)12-30)34-28(24)35-13-18-5-6-19(14-35)32-18/h1-4,7-10,18-19,21,32,36-38H,5-6,11-16H2/t18-,19+,21?,30?. The van der Waals surface area contributed by atoms with Crippen molar-refractivity contribution < 1.29 is 24.4 Å². The zero-order chi connectivity index (χ0) is 26.7. The molecule has 4 N–H and O–H groups in total. The summed E-state index contributed by atoms with van der Waals surface area (Å²) in [6, 6.07) is 15.2. The van der Waals surface area contributed by atoms with Crippen LogP contribution in [0.15, 0.2) is 48.5 Å². The number of ether oxygens (including phenoxy) is 1. The SMILES string of the molecule is OCC1(COc2nc(N3C[C@H]4CC[C@@H](C3)N4)c3ccc(-c4cc(O)cc5ccccc45)c(F)c3n2)CC(O)C1. The number of rotatable bonds is 6. The second kappa shape index (κ2) is 9.29. The first-order valence-corrected chi connectivity index (χ1v) is 13.6. The van der Waals surface area contributed by atoms with Crippen molar-refractivity contribution in [3.05, 3.63) is 54.3 Å². The molecule has 3 fully saturated rings. The van der Waals surface area contributed by atoms with E-state index in [0.717, 1.165) is 36.7 Å². The van der Waals surface area contributed by atoms with Gasteiger partial charge in [0.15, 0.2) is 5.82 Å². The number of halogens is 1. The number of hydrogen-bond acceptors (Lipinski definition) is 8. The highest BCUT2D eigenvalue weighted by molar-refractivity contribution is 6.01. The summed E-state index contributed by atoms with van der Waals surface area (Å²) in [6.45, 7) is 1.54. The van der Waals surface area contributed by atoms with E-state index in [2.05, 4.69) is 15.2 Å². The van der Waals surface area contributed by atoms with Gasteiger partial charge in [-0.15, -0.1) is 0 Å². The number of anilines is 1. The lowest BCUT2D eigenvalue weighted by Gasteiger charge is -2.43. The van der Waals surface area contributed by atoms with Crippen LogP contribution in [0.3, 0.4) is 0 Å². The van der Waals surface area contributed by atoms with Crippen molar-refractivity contribution in [2.24, 2.45) is 5.41 Å². The van der Waals surface area contributed by atoms with E-state index >= 15 is 4.39 Å². The van der Waals surface area contributed by atoms with Gasteiger partial charge < -0.3 is 30.3 Å². The Morgan fingerprint density at radius 1 is 1.00 bits per heavy atom. The second-order valence-corrected chi connectivity index (χ2v) is 11.4. The summed E-state index contributed by atoms with van der Waals surface area (Å²) >= 11 is 0. The van der Waals surface area contributed by atoms with Gasteiger partial charge in [0, 0.05) is 41.5 Å². The summed E-state index contributed by atoms with van der Waals surface area (Å²) in [5, 5.41) is 36.0. The molecule has 0 unspecified atom stereocenters. The number of aromatic hydroxyl groups is 1. The van der Waals surface area contributed by atoms with Crippen LogP contribution in [0.25, 0.3) is 32.8 Å². The van der Waals surface area contributed by atoms with Gasteiger partial charge in [-0.2, -0.15) is 9.97 Å². The van der Waals surface area contributed by atoms with Crippen LogP contribution in [0.2, 0.25) is 0 Å². The van der Waals surface area contributed by atoms with Gasteiger partial charge in [-0.05, 0) is 60.2 Å².